The molecule has 1 fully saturated rings. The van der Waals surface area contributed by atoms with Gasteiger partial charge >= 0.3 is 18.1 Å². The Morgan fingerprint density at radius 2 is 1.76 bits per heavy atom. The molecule has 0 spiro atoms. The Kier molecular flexibility index (Phi) is 5.45. The van der Waals surface area contributed by atoms with Gasteiger partial charge in [-0.25, -0.2) is 0 Å². The Balaban J connectivity index is 3.14. The van der Waals surface area contributed by atoms with Gasteiger partial charge in [0.2, 0.25) is 0 Å². The Hall–Kier alpha value is -1.93. The molecule has 1 saturated carbocycles. The van der Waals surface area contributed by atoms with Crippen LogP contribution in [0.2, 0.25) is 0 Å². The molecule has 0 aromatic heterocycles. The maximum Gasteiger partial charge on any atom is 0.451 e. The van der Waals surface area contributed by atoms with Gasteiger partial charge in [-0.2, -0.15) is 13.2 Å². The molecule has 0 heterocycles. The fraction of sp³-hybridized carbons (Fsp3) is 0.667. The third-order valence-electron chi connectivity index (χ3n) is 2.76. The average molecular weight is 309 g/mol. The van der Waals surface area contributed by atoms with E-state index < -0.39 is 41.9 Å². The molecule has 1 aliphatic carbocycles. The van der Waals surface area contributed by atoms with Crippen LogP contribution in [0.15, 0.2) is 4.99 Å². The number of carbonyl (C=O) groups excluding carboxylic acids is 3. The van der Waals surface area contributed by atoms with Crippen LogP contribution >= 0.6 is 0 Å². The summed E-state index contributed by atoms with van der Waals surface area (Å²) in [4.78, 5) is 38.1. The maximum atomic E-state index is 12.6. The van der Waals surface area contributed by atoms with Gasteiger partial charge < -0.3 is 9.47 Å². The lowest BCUT2D eigenvalue weighted by molar-refractivity contribution is -0.177. The van der Waals surface area contributed by atoms with Crippen molar-refractivity contribution in [2.45, 2.75) is 31.5 Å². The standard InChI is InChI=1S/C12H14F3NO5/c1-20-8(17)5-7(16-6-3-4-6)9(11(19)21-2)10(18)12(13,14)15/h6,9H,3-5H2,1-2H3. The fourth-order valence-corrected chi connectivity index (χ4v) is 1.56. The van der Waals surface area contributed by atoms with Crippen LogP contribution < -0.4 is 0 Å². The summed E-state index contributed by atoms with van der Waals surface area (Å²) < 4.78 is 46.4. The zero-order valence-electron chi connectivity index (χ0n) is 11.4. The highest BCUT2D eigenvalue weighted by molar-refractivity contribution is 6.23. The normalized spacial score (nSPS) is 17.1. The van der Waals surface area contributed by atoms with Gasteiger partial charge in [0.05, 0.1) is 26.7 Å². The molecular formula is C12H14F3NO5. The molecule has 0 N–H and O–H groups in total. The smallest absolute Gasteiger partial charge is 0.451 e. The zero-order valence-corrected chi connectivity index (χ0v) is 11.4. The summed E-state index contributed by atoms with van der Waals surface area (Å²) in [5.41, 5.74) is -0.474. The van der Waals surface area contributed by atoms with E-state index in [4.69, 9.17) is 0 Å². The molecule has 1 aliphatic rings. The first kappa shape index (κ1) is 17.1. The number of alkyl halides is 3. The molecule has 0 radical (unpaired) electrons. The number of hydrogen-bond acceptors (Lipinski definition) is 6. The van der Waals surface area contributed by atoms with E-state index in [1.165, 1.54) is 0 Å². The van der Waals surface area contributed by atoms with Gasteiger partial charge in [-0.3, -0.25) is 19.4 Å². The van der Waals surface area contributed by atoms with Crippen molar-refractivity contribution in [3.05, 3.63) is 0 Å². The minimum atomic E-state index is -5.24. The molecular weight excluding hydrogens is 295 g/mol. The molecule has 6 nitrogen and oxygen atoms in total. The number of aliphatic imine (C=N–C) groups is 1. The second-order valence-corrected chi connectivity index (χ2v) is 4.42. The van der Waals surface area contributed by atoms with Crippen LogP contribution in [0.4, 0.5) is 13.2 Å². The summed E-state index contributed by atoms with van der Waals surface area (Å²) in [6.45, 7) is 0. The molecule has 0 saturated heterocycles. The fourth-order valence-electron chi connectivity index (χ4n) is 1.56. The van der Waals surface area contributed by atoms with E-state index in [1.54, 1.807) is 0 Å². The van der Waals surface area contributed by atoms with Crippen molar-refractivity contribution >= 4 is 23.4 Å². The molecule has 1 unspecified atom stereocenters. The first-order valence-electron chi connectivity index (χ1n) is 6.03. The lowest BCUT2D eigenvalue weighted by atomic mass is 9.95. The number of methoxy groups -OCH3 is 2. The Morgan fingerprint density at radius 1 is 1.19 bits per heavy atom. The first-order chi connectivity index (χ1) is 9.70. The third-order valence-corrected chi connectivity index (χ3v) is 2.76. The Bertz CT molecular complexity index is 468. The number of Topliss-reactive ketones (excluding diaryl/α,β-unsaturated/α-hetero) is 1. The van der Waals surface area contributed by atoms with Crippen molar-refractivity contribution < 1.29 is 37.0 Å². The van der Waals surface area contributed by atoms with Gasteiger partial charge in [-0.15, -0.1) is 0 Å². The highest BCUT2D eigenvalue weighted by atomic mass is 19.4. The van der Waals surface area contributed by atoms with E-state index in [0.29, 0.717) is 12.8 Å². The third kappa shape index (κ3) is 4.83. The Labute approximate surface area is 118 Å². The van der Waals surface area contributed by atoms with Gasteiger partial charge in [0.25, 0.3) is 5.78 Å². The van der Waals surface area contributed by atoms with E-state index in [-0.39, 0.29) is 6.04 Å². The van der Waals surface area contributed by atoms with Crippen LogP contribution in [0.5, 0.6) is 0 Å². The summed E-state index contributed by atoms with van der Waals surface area (Å²) in [7, 11) is 1.89. The predicted octanol–water partition coefficient (Wildman–Crippen LogP) is 1.07. The topological polar surface area (TPSA) is 82.0 Å². The van der Waals surface area contributed by atoms with Crippen LogP contribution in [0.1, 0.15) is 19.3 Å². The van der Waals surface area contributed by atoms with E-state index in [1.807, 2.05) is 0 Å². The minimum Gasteiger partial charge on any atom is -0.469 e. The van der Waals surface area contributed by atoms with Gasteiger partial charge in [-0.1, -0.05) is 0 Å². The van der Waals surface area contributed by atoms with Crippen LogP contribution in [0.25, 0.3) is 0 Å². The lowest BCUT2D eigenvalue weighted by Gasteiger charge is -2.17. The van der Waals surface area contributed by atoms with Crippen molar-refractivity contribution in [3.8, 4) is 0 Å². The highest BCUT2D eigenvalue weighted by Gasteiger charge is 2.49. The molecule has 0 aromatic rings. The van der Waals surface area contributed by atoms with Crippen molar-refractivity contribution in [2.75, 3.05) is 14.2 Å². The highest BCUT2D eigenvalue weighted by Crippen LogP contribution is 2.28. The van der Waals surface area contributed by atoms with Crippen LogP contribution in [-0.2, 0) is 23.9 Å². The molecule has 0 aliphatic heterocycles. The number of nitrogens with zero attached hydrogens (tertiary/aromatic N) is 1. The van der Waals surface area contributed by atoms with Gasteiger partial charge in [0.15, 0.2) is 5.92 Å². The van der Waals surface area contributed by atoms with Crippen LogP contribution in [0, 0.1) is 5.92 Å². The molecule has 118 valence electrons. The summed E-state index contributed by atoms with van der Waals surface area (Å²) in [5, 5.41) is 0. The molecule has 0 bridgehead atoms. The lowest BCUT2D eigenvalue weighted by Crippen LogP contribution is -2.41. The molecule has 0 amide bonds. The molecule has 1 atom stereocenters. The molecule has 0 aromatic carbocycles. The maximum absolute atomic E-state index is 12.6. The predicted molar refractivity (Wildman–Crippen MR) is 63.7 cm³/mol. The number of rotatable bonds is 6. The van der Waals surface area contributed by atoms with E-state index in [9.17, 15) is 27.6 Å². The average Bonchev–Trinajstić information content (AvgIpc) is 3.21. The van der Waals surface area contributed by atoms with E-state index in [2.05, 4.69) is 14.5 Å². The van der Waals surface area contributed by atoms with Gasteiger partial charge in [0.1, 0.15) is 0 Å². The minimum absolute atomic E-state index is 0.280. The second-order valence-electron chi connectivity index (χ2n) is 4.42. The molecule has 9 heteroatoms. The quantitative estimate of drug-likeness (QED) is 0.416. The van der Waals surface area contributed by atoms with Gasteiger partial charge in [0, 0.05) is 5.71 Å². The summed E-state index contributed by atoms with van der Waals surface area (Å²) in [6, 6.07) is -0.280. The monoisotopic (exact) mass is 309 g/mol. The van der Waals surface area contributed by atoms with Crippen molar-refractivity contribution in [1.82, 2.24) is 0 Å². The van der Waals surface area contributed by atoms with Crippen molar-refractivity contribution in [3.63, 3.8) is 0 Å². The number of ether oxygens (including phenoxy) is 2. The summed E-state index contributed by atoms with van der Waals surface area (Å²) >= 11 is 0. The zero-order chi connectivity index (χ0) is 16.2. The van der Waals surface area contributed by atoms with Crippen LogP contribution in [0.3, 0.4) is 0 Å². The number of esters is 2. The van der Waals surface area contributed by atoms with E-state index >= 15 is 0 Å². The van der Waals surface area contributed by atoms with Crippen molar-refractivity contribution in [2.24, 2.45) is 10.9 Å². The van der Waals surface area contributed by atoms with Crippen molar-refractivity contribution in [1.29, 1.82) is 0 Å². The van der Waals surface area contributed by atoms with Gasteiger partial charge in [-0.05, 0) is 12.8 Å². The number of ketones is 1. The largest absolute Gasteiger partial charge is 0.469 e. The number of halogens is 3. The molecule has 1 rings (SSSR count). The molecule has 21 heavy (non-hydrogen) atoms. The SMILES string of the molecule is COC(=O)CC(=NC1CC1)C(C(=O)OC)C(=O)C(F)(F)F. The second kappa shape index (κ2) is 6.68. The Morgan fingerprint density at radius 3 is 2.14 bits per heavy atom. The number of hydrogen-bond donors (Lipinski definition) is 0. The number of carbonyl (C=O) groups is 3. The summed E-state index contributed by atoms with van der Waals surface area (Å²) in [5.74, 6) is -6.87. The first-order valence-corrected chi connectivity index (χ1v) is 6.03. The van der Waals surface area contributed by atoms with E-state index in [0.717, 1.165) is 14.2 Å². The summed E-state index contributed by atoms with van der Waals surface area (Å²) in [6.07, 6.45) is -4.66. The van der Waals surface area contributed by atoms with Crippen LogP contribution in [-0.4, -0.2) is 49.9 Å².